The number of anilines is 1. The van der Waals surface area contributed by atoms with Crippen LogP contribution in [0.5, 0.6) is 0 Å². The van der Waals surface area contributed by atoms with Gasteiger partial charge in [0.05, 0.1) is 10.6 Å². The number of nitrogens with zero attached hydrogens (tertiary/aromatic N) is 2. The van der Waals surface area contributed by atoms with E-state index >= 15 is 0 Å². The molecule has 0 saturated heterocycles. The van der Waals surface area contributed by atoms with Crippen LogP contribution in [0.3, 0.4) is 0 Å². The first-order valence-corrected chi connectivity index (χ1v) is 14.4. The molecule has 0 aromatic heterocycles. The van der Waals surface area contributed by atoms with Crippen molar-refractivity contribution in [3.05, 3.63) is 70.2 Å². The molecule has 0 fully saturated rings. The number of carbonyl (C=O) groups is 2. The molecule has 0 radical (unpaired) electrons. The van der Waals surface area contributed by atoms with Gasteiger partial charge in [-0.2, -0.15) is 0 Å². The fourth-order valence-corrected chi connectivity index (χ4v) is 6.81. The Labute approximate surface area is 227 Å². The highest BCUT2D eigenvalue weighted by Crippen LogP contribution is 2.42. The van der Waals surface area contributed by atoms with E-state index in [2.05, 4.69) is 5.32 Å². The molecule has 0 saturated carbocycles. The molecule has 3 aromatic rings. The van der Waals surface area contributed by atoms with Crippen molar-refractivity contribution >= 4 is 61.5 Å². The molecule has 1 N–H and O–H groups in total. The van der Waals surface area contributed by atoms with Crippen molar-refractivity contribution in [2.75, 3.05) is 17.4 Å². The van der Waals surface area contributed by atoms with Gasteiger partial charge in [0, 0.05) is 47.1 Å². The van der Waals surface area contributed by atoms with Crippen molar-refractivity contribution in [2.24, 2.45) is 0 Å². The van der Waals surface area contributed by atoms with E-state index < -0.39 is 16.1 Å². The second-order valence-corrected chi connectivity index (χ2v) is 11.6. The predicted molar refractivity (Wildman–Crippen MR) is 147 cm³/mol. The van der Waals surface area contributed by atoms with Crippen LogP contribution in [0.2, 0.25) is 10.0 Å². The van der Waals surface area contributed by atoms with Crippen LogP contribution in [0.4, 0.5) is 5.69 Å². The lowest BCUT2D eigenvalue weighted by Gasteiger charge is -2.30. The van der Waals surface area contributed by atoms with Crippen LogP contribution >= 0.6 is 23.2 Å². The number of nitrogens with one attached hydrogen (secondary N) is 1. The Morgan fingerprint density at radius 2 is 1.68 bits per heavy atom. The molecular formula is C27H29Cl2N3O4S. The van der Waals surface area contributed by atoms with Gasteiger partial charge in [-0.3, -0.25) is 13.9 Å². The van der Waals surface area contributed by atoms with Crippen LogP contribution in [0.1, 0.15) is 38.7 Å². The molecule has 196 valence electrons. The van der Waals surface area contributed by atoms with E-state index in [9.17, 15) is 18.0 Å². The van der Waals surface area contributed by atoms with Gasteiger partial charge in [-0.25, -0.2) is 8.42 Å². The number of benzene rings is 3. The molecule has 3 aromatic carbocycles. The largest absolute Gasteiger partial charge is 0.354 e. The third kappa shape index (κ3) is 5.42. The molecule has 1 heterocycles. The van der Waals surface area contributed by atoms with Gasteiger partial charge in [0.15, 0.2) is 0 Å². The molecule has 1 aliphatic heterocycles. The van der Waals surface area contributed by atoms with E-state index in [0.717, 1.165) is 11.8 Å². The van der Waals surface area contributed by atoms with E-state index in [0.29, 0.717) is 33.2 Å². The van der Waals surface area contributed by atoms with E-state index in [-0.39, 0.29) is 42.6 Å². The molecule has 7 nitrogen and oxygen atoms in total. The highest BCUT2D eigenvalue weighted by atomic mass is 35.5. The maximum absolute atomic E-state index is 13.4. The lowest BCUT2D eigenvalue weighted by atomic mass is 10.1. The Hall–Kier alpha value is -2.81. The number of carbonyl (C=O) groups excluding carboxylic acids is 2. The summed E-state index contributed by atoms with van der Waals surface area (Å²) in [6.45, 7) is 4.30. The monoisotopic (exact) mass is 561 g/mol. The first-order chi connectivity index (χ1) is 17.7. The summed E-state index contributed by atoms with van der Waals surface area (Å²) in [5.41, 5.74) is 1.17. The molecule has 1 unspecified atom stereocenters. The summed E-state index contributed by atoms with van der Waals surface area (Å²) in [6, 6.07) is 15.0. The van der Waals surface area contributed by atoms with Gasteiger partial charge in [-0.05, 0) is 49.4 Å². The van der Waals surface area contributed by atoms with Crippen LogP contribution < -0.4 is 9.62 Å². The highest BCUT2D eigenvalue weighted by molar-refractivity contribution is 7.93. The van der Waals surface area contributed by atoms with Crippen molar-refractivity contribution < 1.29 is 18.0 Å². The minimum absolute atomic E-state index is 0.0474. The van der Waals surface area contributed by atoms with Gasteiger partial charge in [-0.15, -0.1) is 0 Å². The van der Waals surface area contributed by atoms with Gasteiger partial charge in [0.1, 0.15) is 6.04 Å². The molecule has 4 rings (SSSR count). The first-order valence-electron chi connectivity index (χ1n) is 12.2. The Morgan fingerprint density at radius 3 is 2.35 bits per heavy atom. The Bertz CT molecular complexity index is 1420. The lowest BCUT2D eigenvalue weighted by Crippen LogP contribution is -2.48. The predicted octanol–water partition coefficient (Wildman–Crippen LogP) is 5.38. The van der Waals surface area contributed by atoms with E-state index in [4.69, 9.17) is 23.2 Å². The van der Waals surface area contributed by atoms with Crippen molar-refractivity contribution in [3.8, 4) is 0 Å². The number of halogens is 2. The summed E-state index contributed by atoms with van der Waals surface area (Å²) in [4.78, 5) is 27.9. The number of rotatable bonds is 10. The molecule has 0 spiro atoms. The Kier molecular flexibility index (Phi) is 8.31. The van der Waals surface area contributed by atoms with E-state index in [1.807, 2.05) is 25.1 Å². The van der Waals surface area contributed by atoms with Crippen molar-refractivity contribution in [3.63, 3.8) is 0 Å². The molecule has 1 atom stereocenters. The fraction of sp³-hybridized carbons (Fsp3) is 0.333. The third-order valence-electron chi connectivity index (χ3n) is 6.54. The van der Waals surface area contributed by atoms with Crippen LogP contribution in [-0.2, 0) is 26.2 Å². The van der Waals surface area contributed by atoms with Crippen molar-refractivity contribution in [2.45, 2.75) is 50.6 Å². The van der Waals surface area contributed by atoms with Crippen molar-refractivity contribution in [1.82, 2.24) is 10.2 Å². The number of hydrogen-bond donors (Lipinski definition) is 1. The topological polar surface area (TPSA) is 86.8 Å². The average Bonchev–Trinajstić information content (AvgIpc) is 3.09. The SMILES string of the molecule is CCCNC(=O)C(C)N(Cc1c(Cl)cccc1Cl)C(=O)CCCN1c2cccc3cccc(c23)S1(=O)=O. The van der Waals surface area contributed by atoms with Crippen LogP contribution in [0.25, 0.3) is 10.8 Å². The van der Waals surface area contributed by atoms with Crippen LogP contribution in [0, 0.1) is 0 Å². The molecule has 1 aliphatic rings. The molecule has 0 aliphatic carbocycles. The second kappa shape index (κ2) is 11.3. The van der Waals surface area contributed by atoms with Gasteiger partial charge in [-0.1, -0.05) is 60.5 Å². The zero-order valence-electron chi connectivity index (χ0n) is 20.7. The third-order valence-corrected chi connectivity index (χ3v) is 9.10. The van der Waals surface area contributed by atoms with Gasteiger partial charge in [0.25, 0.3) is 10.0 Å². The quantitative estimate of drug-likeness (QED) is 0.360. The Morgan fingerprint density at radius 1 is 1.03 bits per heavy atom. The minimum atomic E-state index is -3.71. The maximum Gasteiger partial charge on any atom is 0.265 e. The van der Waals surface area contributed by atoms with Gasteiger partial charge >= 0.3 is 0 Å². The maximum atomic E-state index is 13.4. The van der Waals surface area contributed by atoms with Gasteiger partial charge < -0.3 is 10.2 Å². The summed E-state index contributed by atoms with van der Waals surface area (Å²) in [6.07, 6.45) is 1.09. The lowest BCUT2D eigenvalue weighted by molar-refractivity contribution is -0.140. The number of amides is 2. The summed E-state index contributed by atoms with van der Waals surface area (Å²) in [5.74, 6) is -0.565. The summed E-state index contributed by atoms with van der Waals surface area (Å²) >= 11 is 12.7. The van der Waals surface area contributed by atoms with Crippen LogP contribution in [0.15, 0.2) is 59.5 Å². The van der Waals surface area contributed by atoms with Gasteiger partial charge in [0.2, 0.25) is 11.8 Å². The smallest absolute Gasteiger partial charge is 0.265 e. The minimum Gasteiger partial charge on any atom is -0.354 e. The molecule has 2 amide bonds. The molecule has 37 heavy (non-hydrogen) atoms. The zero-order chi connectivity index (χ0) is 26.7. The number of hydrogen-bond acceptors (Lipinski definition) is 4. The number of sulfonamides is 1. The molecule has 10 heteroatoms. The summed E-state index contributed by atoms with van der Waals surface area (Å²) in [7, 11) is -3.71. The summed E-state index contributed by atoms with van der Waals surface area (Å²) in [5, 5.41) is 5.19. The first kappa shape index (κ1) is 27.2. The second-order valence-electron chi connectivity index (χ2n) is 9.00. The van der Waals surface area contributed by atoms with Crippen molar-refractivity contribution in [1.29, 1.82) is 0 Å². The normalized spacial score (nSPS) is 14.5. The molecule has 0 bridgehead atoms. The Balaban J connectivity index is 1.52. The molecular weight excluding hydrogens is 533 g/mol. The standard InChI is InChI=1S/C27H29Cl2N3O4S/c1-3-15-30-27(34)18(2)31(17-20-21(28)10-6-11-22(20)29)25(33)14-7-16-32-23-12-4-8-19-9-5-13-24(26(19)23)37(32,35)36/h4-6,8-13,18H,3,7,14-17H2,1-2H3,(H,30,34). The van der Waals surface area contributed by atoms with Crippen LogP contribution in [-0.4, -0.2) is 44.3 Å². The summed E-state index contributed by atoms with van der Waals surface area (Å²) < 4.78 is 27.8. The zero-order valence-corrected chi connectivity index (χ0v) is 23.0. The average molecular weight is 563 g/mol. The van der Waals surface area contributed by atoms with E-state index in [1.54, 1.807) is 43.3 Å². The fourth-order valence-electron chi connectivity index (χ4n) is 4.55. The van der Waals surface area contributed by atoms with E-state index in [1.165, 1.54) is 9.21 Å². The highest BCUT2D eigenvalue weighted by Gasteiger charge is 2.35.